The second-order valence-electron chi connectivity index (χ2n) is 3.11. The fourth-order valence-electron chi connectivity index (χ4n) is 1.28. The standard InChI is InChI=1S/C9H9N3O3/c13-7(5-9(14)15)6-4-8-10-2-1-3-12(8)11-6/h1-4,7,13H,5H2,(H,14,15). The zero-order valence-electron chi connectivity index (χ0n) is 7.74. The highest BCUT2D eigenvalue weighted by molar-refractivity contribution is 5.67. The van der Waals surface area contributed by atoms with E-state index in [1.807, 2.05) is 0 Å². The van der Waals surface area contributed by atoms with E-state index in [-0.39, 0.29) is 6.42 Å². The molecule has 0 bridgehead atoms. The molecule has 0 aliphatic carbocycles. The van der Waals surface area contributed by atoms with Gasteiger partial charge in [-0.25, -0.2) is 9.50 Å². The minimum atomic E-state index is -1.09. The molecule has 0 amide bonds. The van der Waals surface area contributed by atoms with Gasteiger partial charge in [-0.3, -0.25) is 4.79 Å². The van der Waals surface area contributed by atoms with Crippen LogP contribution in [0.15, 0.2) is 24.5 Å². The number of carboxylic acid groups (broad SMARTS) is 1. The summed E-state index contributed by atoms with van der Waals surface area (Å²) in [5.41, 5.74) is 0.896. The molecule has 2 heterocycles. The Morgan fingerprint density at radius 3 is 3.07 bits per heavy atom. The molecule has 0 saturated carbocycles. The summed E-state index contributed by atoms with van der Waals surface area (Å²) in [6.07, 6.45) is 1.83. The van der Waals surface area contributed by atoms with E-state index in [2.05, 4.69) is 10.1 Å². The number of aromatic nitrogens is 3. The topological polar surface area (TPSA) is 87.7 Å². The molecular weight excluding hydrogens is 198 g/mol. The summed E-state index contributed by atoms with van der Waals surface area (Å²) in [5, 5.41) is 22.0. The summed E-state index contributed by atoms with van der Waals surface area (Å²) in [6, 6.07) is 3.26. The lowest BCUT2D eigenvalue weighted by atomic mass is 10.2. The van der Waals surface area contributed by atoms with E-state index in [0.717, 1.165) is 0 Å². The molecular formula is C9H9N3O3. The highest BCUT2D eigenvalue weighted by Gasteiger charge is 2.15. The Hall–Kier alpha value is -1.95. The van der Waals surface area contributed by atoms with E-state index >= 15 is 0 Å². The van der Waals surface area contributed by atoms with Crippen LogP contribution in [0.5, 0.6) is 0 Å². The second kappa shape index (κ2) is 3.66. The van der Waals surface area contributed by atoms with Gasteiger partial charge in [-0.15, -0.1) is 0 Å². The predicted octanol–water partition coefficient (Wildman–Crippen LogP) is 0.237. The van der Waals surface area contributed by atoms with Crippen molar-refractivity contribution in [1.29, 1.82) is 0 Å². The predicted molar refractivity (Wildman–Crippen MR) is 50.2 cm³/mol. The van der Waals surface area contributed by atoms with Crippen LogP contribution in [0.1, 0.15) is 18.2 Å². The fourth-order valence-corrected chi connectivity index (χ4v) is 1.28. The van der Waals surface area contributed by atoms with Crippen molar-refractivity contribution in [3.8, 4) is 0 Å². The van der Waals surface area contributed by atoms with Crippen molar-refractivity contribution in [3.63, 3.8) is 0 Å². The summed E-state index contributed by atoms with van der Waals surface area (Å²) in [7, 11) is 0. The Balaban J connectivity index is 2.32. The minimum Gasteiger partial charge on any atom is -0.481 e. The number of carbonyl (C=O) groups is 1. The lowest BCUT2D eigenvalue weighted by Gasteiger charge is -2.01. The minimum absolute atomic E-state index is 0.316. The molecule has 15 heavy (non-hydrogen) atoms. The molecule has 0 aromatic carbocycles. The van der Waals surface area contributed by atoms with Crippen molar-refractivity contribution in [1.82, 2.24) is 14.6 Å². The maximum absolute atomic E-state index is 10.4. The maximum atomic E-state index is 10.4. The molecule has 6 nitrogen and oxygen atoms in total. The van der Waals surface area contributed by atoms with Gasteiger partial charge in [-0.1, -0.05) is 0 Å². The monoisotopic (exact) mass is 207 g/mol. The summed E-state index contributed by atoms with van der Waals surface area (Å²) >= 11 is 0. The third-order valence-corrected chi connectivity index (χ3v) is 1.96. The number of hydrogen-bond donors (Lipinski definition) is 2. The van der Waals surface area contributed by atoms with Gasteiger partial charge >= 0.3 is 5.97 Å². The van der Waals surface area contributed by atoms with Gasteiger partial charge in [0, 0.05) is 18.5 Å². The highest BCUT2D eigenvalue weighted by atomic mass is 16.4. The van der Waals surface area contributed by atoms with Crippen molar-refractivity contribution < 1.29 is 15.0 Å². The maximum Gasteiger partial charge on any atom is 0.306 e. The summed E-state index contributed by atoms with van der Waals surface area (Å²) in [6.45, 7) is 0. The lowest BCUT2D eigenvalue weighted by Crippen LogP contribution is -2.06. The van der Waals surface area contributed by atoms with Crippen LogP contribution in [0.3, 0.4) is 0 Å². The molecule has 0 aliphatic rings. The number of carboxylic acids is 1. The number of rotatable bonds is 3. The second-order valence-corrected chi connectivity index (χ2v) is 3.11. The van der Waals surface area contributed by atoms with Gasteiger partial charge in [0.1, 0.15) is 6.10 Å². The zero-order chi connectivity index (χ0) is 10.8. The Morgan fingerprint density at radius 1 is 1.60 bits per heavy atom. The average molecular weight is 207 g/mol. The number of nitrogens with zero attached hydrogens (tertiary/aromatic N) is 3. The molecule has 0 saturated heterocycles. The molecule has 2 rings (SSSR count). The zero-order valence-corrected chi connectivity index (χ0v) is 7.74. The van der Waals surface area contributed by atoms with Gasteiger partial charge in [0.2, 0.25) is 0 Å². The first-order valence-electron chi connectivity index (χ1n) is 4.37. The fraction of sp³-hybridized carbons (Fsp3) is 0.222. The smallest absolute Gasteiger partial charge is 0.306 e. The van der Waals surface area contributed by atoms with Gasteiger partial charge in [-0.05, 0) is 6.07 Å². The van der Waals surface area contributed by atoms with Crippen molar-refractivity contribution >= 4 is 11.6 Å². The third-order valence-electron chi connectivity index (χ3n) is 1.96. The Bertz CT molecular complexity index is 461. The van der Waals surface area contributed by atoms with Gasteiger partial charge in [0.25, 0.3) is 0 Å². The molecule has 2 N–H and O–H groups in total. The van der Waals surface area contributed by atoms with E-state index in [4.69, 9.17) is 5.11 Å². The molecule has 1 unspecified atom stereocenters. The summed E-state index contributed by atoms with van der Waals surface area (Å²) < 4.78 is 1.49. The number of aliphatic carboxylic acids is 1. The molecule has 2 aromatic rings. The molecule has 0 radical (unpaired) electrons. The average Bonchev–Trinajstić information content (AvgIpc) is 2.59. The third kappa shape index (κ3) is 1.94. The van der Waals surface area contributed by atoms with Gasteiger partial charge in [-0.2, -0.15) is 5.10 Å². The highest BCUT2D eigenvalue weighted by Crippen LogP contribution is 2.15. The lowest BCUT2D eigenvalue weighted by molar-refractivity contribution is -0.139. The van der Waals surface area contributed by atoms with Crippen molar-refractivity contribution in [2.45, 2.75) is 12.5 Å². The van der Waals surface area contributed by atoms with Gasteiger partial charge in [0.05, 0.1) is 12.1 Å². The molecule has 6 heteroatoms. The molecule has 78 valence electrons. The molecule has 1 atom stereocenters. The van der Waals surface area contributed by atoms with Crippen LogP contribution in [-0.2, 0) is 4.79 Å². The van der Waals surface area contributed by atoms with Crippen LogP contribution in [0.4, 0.5) is 0 Å². The van der Waals surface area contributed by atoms with E-state index in [0.29, 0.717) is 11.3 Å². The van der Waals surface area contributed by atoms with Crippen LogP contribution < -0.4 is 0 Å². The van der Waals surface area contributed by atoms with Crippen LogP contribution in [0, 0.1) is 0 Å². The van der Waals surface area contributed by atoms with E-state index in [9.17, 15) is 9.90 Å². The molecule has 0 spiro atoms. The van der Waals surface area contributed by atoms with Gasteiger partial charge in [0.15, 0.2) is 5.65 Å². The SMILES string of the molecule is O=C(O)CC(O)c1cc2ncccn2n1. The molecule has 0 aliphatic heterocycles. The Kier molecular flexibility index (Phi) is 2.34. The first kappa shape index (κ1) is 9.60. The first-order valence-corrected chi connectivity index (χ1v) is 4.37. The number of fused-ring (bicyclic) bond motifs is 1. The van der Waals surface area contributed by atoms with Crippen LogP contribution in [0.25, 0.3) is 5.65 Å². The normalized spacial score (nSPS) is 12.9. The van der Waals surface area contributed by atoms with Crippen molar-refractivity contribution in [3.05, 3.63) is 30.2 Å². The van der Waals surface area contributed by atoms with Crippen molar-refractivity contribution in [2.24, 2.45) is 0 Å². The van der Waals surface area contributed by atoms with E-state index in [1.54, 1.807) is 24.5 Å². The Morgan fingerprint density at radius 2 is 2.40 bits per heavy atom. The van der Waals surface area contributed by atoms with E-state index < -0.39 is 12.1 Å². The van der Waals surface area contributed by atoms with E-state index in [1.165, 1.54) is 4.52 Å². The van der Waals surface area contributed by atoms with Gasteiger partial charge < -0.3 is 10.2 Å². The largest absolute Gasteiger partial charge is 0.481 e. The number of aliphatic hydroxyl groups is 1. The first-order chi connectivity index (χ1) is 7.16. The van der Waals surface area contributed by atoms with Crippen LogP contribution in [-0.4, -0.2) is 30.8 Å². The Labute approximate surface area is 84.8 Å². The number of aliphatic hydroxyl groups excluding tert-OH is 1. The summed E-state index contributed by atoms with van der Waals surface area (Å²) in [4.78, 5) is 14.4. The quantitative estimate of drug-likeness (QED) is 0.752. The van der Waals surface area contributed by atoms with Crippen LogP contribution >= 0.6 is 0 Å². The van der Waals surface area contributed by atoms with Crippen molar-refractivity contribution in [2.75, 3.05) is 0 Å². The molecule has 2 aromatic heterocycles. The molecule has 0 fully saturated rings. The number of hydrogen-bond acceptors (Lipinski definition) is 4. The van der Waals surface area contributed by atoms with Crippen LogP contribution in [0.2, 0.25) is 0 Å². The summed E-state index contributed by atoms with van der Waals surface area (Å²) in [5.74, 6) is -1.06.